The molecular formula is C18H18N6OS2. The van der Waals surface area contributed by atoms with E-state index in [2.05, 4.69) is 43.3 Å². The monoisotopic (exact) mass is 398 g/mol. The summed E-state index contributed by atoms with van der Waals surface area (Å²) in [5.41, 5.74) is 2.61. The number of nitrogens with one attached hydrogen (secondary N) is 1. The van der Waals surface area contributed by atoms with E-state index in [-0.39, 0.29) is 5.91 Å². The lowest BCUT2D eigenvalue weighted by Gasteiger charge is -2.03. The second-order valence-electron chi connectivity index (χ2n) is 6.01. The molecule has 0 saturated heterocycles. The number of carbonyl (C=O) groups is 1. The van der Waals surface area contributed by atoms with Crippen molar-refractivity contribution in [3.05, 3.63) is 47.7 Å². The summed E-state index contributed by atoms with van der Waals surface area (Å²) in [6.07, 6.45) is 1.66. The maximum Gasteiger partial charge on any atom is 0.270 e. The Morgan fingerprint density at radius 3 is 2.93 bits per heavy atom. The Morgan fingerprint density at radius 2 is 2.15 bits per heavy atom. The molecule has 0 atom stereocenters. The predicted octanol–water partition coefficient (Wildman–Crippen LogP) is 2.95. The number of hydrogen-bond donors (Lipinski definition) is 1. The van der Waals surface area contributed by atoms with Crippen molar-refractivity contribution in [1.82, 2.24) is 29.6 Å². The number of thiazole rings is 1. The van der Waals surface area contributed by atoms with Crippen LogP contribution in [0.2, 0.25) is 0 Å². The minimum atomic E-state index is -0.158. The third-order valence-electron chi connectivity index (χ3n) is 4.20. The van der Waals surface area contributed by atoms with Crippen LogP contribution in [0.1, 0.15) is 10.5 Å². The number of carbonyl (C=O) groups excluding carboxylic acids is 1. The largest absolute Gasteiger partial charge is 0.350 e. The fourth-order valence-corrected chi connectivity index (χ4v) is 4.38. The first kappa shape index (κ1) is 17.7. The first-order valence-corrected chi connectivity index (χ1v) is 10.3. The van der Waals surface area contributed by atoms with Gasteiger partial charge in [-0.05, 0) is 12.1 Å². The number of rotatable bonds is 6. The number of aromatic nitrogens is 5. The van der Waals surface area contributed by atoms with Gasteiger partial charge in [0.15, 0.2) is 5.16 Å². The molecule has 7 nitrogen and oxygen atoms in total. The number of fused-ring (bicyclic) bond motifs is 1. The van der Waals surface area contributed by atoms with Gasteiger partial charge in [0.2, 0.25) is 0 Å². The molecule has 0 aliphatic carbocycles. The molecular weight excluding hydrogens is 380 g/mol. The van der Waals surface area contributed by atoms with Crippen molar-refractivity contribution in [3.8, 4) is 10.7 Å². The van der Waals surface area contributed by atoms with E-state index in [1.165, 1.54) is 11.3 Å². The van der Waals surface area contributed by atoms with Gasteiger partial charge in [-0.15, -0.1) is 21.5 Å². The average Bonchev–Trinajstić information content (AvgIpc) is 3.38. The maximum absolute atomic E-state index is 12.4. The van der Waals surface area contributed by atoms with E-state index in [1.54, 1.807) is 23.5 Å². The smallest absolute Gasteiger partial charge is 0.270 e. The highest BCUT2D eigenvalue weighted by molar-refractivity contribution is 7.99. The quantitative estimate of drug-likeness (QED) is 0.399. The topological polar surface area (TPSA) is 77.6 Å². The fourth-order valence-electron chi connectivity index (χ4n) is 2.79. The summed E-state index contributed by atoms with van der Waals surface area (Å²) in [7, 11) is 3.91. The first-order chi connectivity index (χ1) is 13.1. The van der Waals surface area contributed by atoms with Crippen LogP contribution in [0.15, 0.2) is 47.2 Å². The minimum Gasteiger partial charge on any atom is -0.350 e. The second kappa shape index (κ2) is 7.53. The van der Waals surface area contributed by atoms with E-state index in [0.717, 1.165) is 32.5 Å². The number of amides is 1. The van der Waals surface area contributed by atoms with Crippen molar-refractivity contribution in [1.29, 1.82) is 0 Å². The van der Waals surface area contributed by atoms with E-state index in [9.17, 15) is 4.79 Å². The molecule has 1 amide bonds. The third kappa shape index (κ3) is 3.60. The minimum absolute atomic E-state index is 0.158. The SMILES string of the molecule is Cn1cnnc1SCCNC(=O)c1csc(-c2cc3ccccc3n2C)n1. The Bertz CT molecular complexity index is 1100. The maximum atomic E-state index is 12.4. The normalized spacial score (nSPS) is 11.2. The molecule has 138 valence electrons. The van der Waals surface area contributed by atoms with E-state index in [1.807, 2.05) is 30.8 Å². The van der Waals surface area contributed by atoms with Crippen LogP contribution in [0.4, 0.5) is 0 Å². The van der Waals surface area contributed by atoms with Gasteiger partial charge >= 0.3 is 0 Å². The van der Waals surface area contributed by atoms with Gasteiger partial charge in [-0.25, -0.2) is 4.98 Å². The lowest BCUT2D eigenvalue weighted by atomic mass is 10.2. The Kier molecular flexibility index (Phi) is 4.95. The van der Waals surface area contributed by atoms with Crippen LogP contribution >= 0.6 is 23.1 Å². The number of para-hydroxylation sites is 1. The molecule has 0 unspecified atom stereocenters. The van der Waals surface area contributed by atoms with Gasteiger partial charge in [0.25, 0.3) is 5.91 Å². The first-order valence-electron chi connectivity index (χ1n) is 8.39. The molecule has 3 heterocycles. The molecule has 0 radical (unpaired) electrons. The number of thioether (sulfide) groups is 1. The highest BCUT2D eigenvalue weighted by Crippen LogP contribution is 2.29. The van der Waals surface area contributed by atoms with Crippen LogP contribution in [-0.2, 0) is 14.1 Å². The summed E-state index contributed by atoms with van der Waals surface area (Å²) in [4.78, 5) is 16.9. The number of benzene rings is 1. The van der Waals surface area contributed by atoms with Gasteiger partial charge in [-0.1, -0.05) is 30.0 Å². The van der Waals surface area contributed by atoms with Crippen molar-refractivity contribution in [2.75, 3.05) is 12.3 Å². The summed E-state index contributed by atoms with van der Waals surface area (Å²) >= 11 is 3.03. The van der Waals surface area contributed by atoms with Gasteiger partial charge in [0.1, 0.15) is 17.0 Å². The molecule has 0 spiro atoms. The second-order valence-corrected chi connectivity index (χ2v) is 7.93. The van der Waals surface area contributed by atoms with Gasteiger partial charge in [-0.3, -0.25) is 4.79 Å². The van der Waals surface area contributed by atoms with E-state index >= 15 is 0 Å². The summed E-state index contributed by atoms with van der Waals surface area (Å²) in [6, 6.07) is 10.3. The average molecular weight is 399 g/mol. The molecule has 1 aromatic carbocycles. The van der Waals surface area contributed by atoms with Gasteiger partial charge < -0.3 is 14.5 Å². The zero-order valence-electron chi connectivity index (χ0n) is 14.9. The Balaban J connectivity index is 1.40. The molecule has 1 N–H and O–H groups in total. The van der Waals surface area contributed by atoms with Gasteiger partial charge in [0, 0.05) is 42.7 Å². The van der Waals surface area contributed by atoms with E-state index in [0.29, 0.717) is 12.2 Å². The summed E-state index contributed by atoms with van der Waals surface area (Å²) in [5, 5.41) is 15.4. The summed E-state index contributed by atoms with van der Waals surface area (Å²) in [5.74, 6) is 0.563. The molecule has 4 aromatic rings. The van der Waals surface area contributed by atoms with Crippen molar-refractivity contribution < 1.29 is 4.79 Å². The number of nitrogens with zero attached hydrogens (tertiary/aromatic N) is 5. The molecule has 0 fully saturated rings. The number of aryl methyl sites for hydroxylation is 2. The zero-order chi connectivity index (χ0) is 18.8. The Hall–Kier alpha value is -2.65. The van der Waals surface area contributed by atoms with Crippen molar-refractivity contribution >= 4 is 39.9 Å². The fraction of sp³-hybridized carbons (Fsp3) is 0.222. The molecule has 3 aromatic heterocycles. The summed E-state index contributed by atoms with van der Waals surface area (Å²) < 4.78 is 3.95. The van der Waals surface area contributed by atoms with Crippen LogP contribution in [0.3, 0.4) is 0 Å². The third-order valence-corrected chi connectivity index (χ3v) is 6.10. The van der Waals surface area contributed by atoms with Crippen LogP contribution in [0.25, 0.3) is 21.6 Å². The molecule has 9 heteroatoms. The van der Waals surface area contributed by atoms with Gasteiger partial charge in [0.05, 0.1) is 5.69 Å². The lowest BCUT2D eigenvalue weighted by molar-refractivity contribution is 0.0952. The molecule has 0 saturated carbocycles. The van der Waals surface area contributed by atoms with Crippen molar-refractivity contribution in [3.63, 3.8) is 0 Å². The Morgan fingerprint density at radius 1 is 1.30 bits per heavy atom. The van der Waals surface area contributed by atoms with Gasteiger partial charge in [-0.2, -0.15) is 0 Å². The summed E-state index contributed by atoms with van der Waals surface area (Å²) in [6.45, 7) is 0.539. The van der Waals surface area contributed by atoms with Crippen molar-refractivity contribution in [2.45, 2.75) is 5.16 Å². The lowest BCUT2D eigenvalue weighted by Crippen LogP contribution is -2.26. The van der Waals surface area contributed by atoms with Crippen LogP contribution in [0, 0.1) is 0 Å². The van der Waals surface area contributed by atoms with Crippen LogP contribution in [-0.4, -0.2) is 42.5 Å². The highest BCUT2D eigenvalue weighted by atomic mass is 32.2. The van der Waals surface area contributed by atoms with Crippen LogP contribution in [0.5, 0.6) is 0 Å². The van der Waals surface area contributed by atoms with E-state index in [4.69, 9.17) is 0 Å². The molecule has 0 aliphatic rings. The molecule has 27 heavy (non-hydrogen) atoms. The van der Waals surface area contributed by atoms with E-state index < -0.39 is 0 Å². The predicted molar refractivity (Wildman–Crippen MR) is 108 cm³/mol. The molecule has 0 aliphatic heterocycles. The Labute approximate surface area is 164 Å². The number of hydrogen-bond acceptors (Lipinski definition) is 6. The molecule has 0 bridgehead atoms. The van der Waals surface area contributed by atoms with Crippen molar-refractivity contribution in [2.24, 2.45) is 14.1 Å². The highest BCUT2D eigenvalue weighted by Gasteiger charge is 2.15. The zero-order valence-corrected chi connectivity index (χ0v) is 16.5. The van der Waals surface area contributed by atoms with Crippen LogP contribution < -0.4 is 5.32 Å². The standard InChI is InChI=1S/C18H18N6OS2/c1-23-11-20-22-18(23)26-8-7-19-16(25)13-10-27-17(21-13)15-9-12-5-3-4-6-14(12)24(15)2/h3-6,9-11H,7-8H2,1-2H3,(H,19,25). The molecule has 4 rings (SSSR count).